The molecule has 1 aliphatic rings. The normalized spacial score (nSPS) is 21.3. The lowest BCUT2D eigenvalue weighted by atomic mass is 9.84. The van der Waals surface area contributed by atoms with Gasteiger partial charge >= 0.3 is 0 Å². The second-order valence-corrected chi connectivity index (χ2v) is 6.62. The van der Waals surface area contributed by atoms with Crippen molar-refractivity contribution in [2.24, 2.45) is 5.92 Å². The van der Waals surface area contributed by atoms with Gasteiger partial charge in [-0.25, -0.2) is 0 Å². The third-order valence-electron chi connectivity index (χ3n) is 4.87. The first-order valence-corrected chi connectivity index (χ1v) is 9.22. The fourth-order valence-electron chi connectivity index (χ4n) is 3.28. The summed E-state index contributed by atoms with van der Waals surface area (Å²) in [4.78, 5) is 0. The van der Waals surface area contributed by atoms with E-state index in [0.717, 1.165) is 25.4 Å². The molecule has 0 amide bonds. The third kappa shape index (κ3) is 6.72. The second kappa shape index (κ2) is 10.8. The molecule has 2 nitrogen and oxygen atoms in total. The summed E-state index contributed by atoms with van der Waals surface area (Å²) in [5.41, 5.74) is 2.67. The van der Waals surface area contributed by atoms with Gasteiger partial charge in [0.05, 0.1) is 18.8 Å². The smallest absolute Gasteiger partial charge is 0.0912 e. The molecule has 1 aromatic rings. The molecular weight excluding hydrogens is 294 g/mol. The van der Waals surface area contributed by atoms with Gasteiger partial charge in [-0.1, -0.05) is 49.4 Å². The quantitative estimate of drug-likeness (QED) is 0.451. The van der Waals surface area contributed by atoms with Gasteiger partial charge in [-0.2, -0.15) is 5.26 Å². The Hall–Kier alpha value is -1.85. The number of nitriles is 1. The number of nitrogens with zero attached hydrogens (tertiary/aromatic N) is 1. The van der Waals surface area contributed by atoms with Crippen molar-refractivity contribution in [2.75, 3.05) is 0 Å². The van der Waals surface area contributed by atoms with Gasteiger partial charge in [0.2, 0.25) is 0 Å². The Morgan fingerprint density at radius 2 is 1.79 bits per heavy atom. The largest absolute Gasteiger partial charge is 0.374 e. The first-order chi connectivity index (χ1) is 11.8. The molecule has 0 heterocycles. The van der Waals surface area contributed by atoms with E-state index in [9.17, 15) is 0 Å². The van der Waals surface area contributed by atoms with Gasteiger partial charge < -0.3 is 4.74 Å². The number of allylic oxidation sites excluding steroid dienone is 4. The SMILES string of the molecule is CCc1ccc(CO[C@H]2CC[C@H](CCC=CC=CC#N)CC2)cc1. The maximum Gasteiger partial charge on any atom is 0.0912 e. The van der Waals surface area contributed by atoms with Crippen molar-refractivity contribution >= 4 is 0 Å². The van der Waals surface area contributed by atoms with Crippen molar-refractivity contribution in [3.63, 3.8) is 0 Å². The predicted molar refractivity (Wildman–Crippen MR) is 99.5 cm³/mol. The lowest BCUT2D eigenvalue weighted by Gasteiger charge is -2.28. The first kappa shape index (κ1) is 18.5. The molecule has 0 radical (unpaired) electrons. The van der Waals surface area contributed by atoms with Crippen LogP contribution in [0.25, 0.3) is 0 Å². The van der Waals surface area contributed by atoms with E-state index in [1.165, 1.54) is 49.3 Å². The Labute approximate surface area is 146 Å². The van der Waals surface area contributed by atoms with E-state index in [2.05, 4.69) is 37.3 Å². The average molecular weight is 323 g/mol. The molecule has 1 saturated carbocycles. The van der Waals surface area contributed by atoms with Crippen molar-refractivity contribution in [2.45, 2.75) is 64.6 Å². The maximum absolute atomic E-state index is 8.41. The molecule has 2 heteroatoms. The molecule has 1 fully saturated rings. The van der Waals surface area contributed by atoms with Gasteiger partial charge in [-0.15, -0.1) is 0 Å². The van der Waals surface area contributed by atoms with Gasteiger partial charge in [0, 0.05) is 6.08 Å². The molecule has 0 aliphatic heterocycles. The van der Waals surface area contributed by atoms with Crippen LogP contribution >= 0.6 is 0 Å². The molecule has 24 heavy (non-hydrogen) atoms. The van der Waals surface area contributed by atoms with Crippen molar-refractivity contribution in [1.29, 1.82) is 5.26 Å². The molecule has 0 saturated heterocycles. The highest BCUT2D eigenvalue weighted by atomic mass is 16.5. The minimum absolute atomic E-state index is 0.432. The molecule has 128 valence electrons. The predicted octanol–water partition coefficient (Wildman–Crippen LogP) is 5.74. The minimum Gasteiger partial charge on any atom is -0.374 e. The van der Waals surface area contributed by atoms with E-state index in [1.54, 1.807) is 6.08 Å². The summed E-state index contributed by atoms with van der Waals surface area (Å²) in [6.07, 6.45) is 16.3. The van der Waals surface area contributed by atoms with Crippen molar-refractivity contribution in [3.8, 4) is 6.07 Å². The Bertz CT molecular complexity index is 557. The highest BCUT2D eigenvalue weighted by Gasteiger charge is 2.21. The van der Waals surface area contributed by atoms with Crippen molar-refractivity contribution in [1.82, 2.24) is 0 Å². The molecule has 0 unspecified atom stereocenters. The molecule has 1 aliphatic carbocycles. The number of hydrogen-bond donors (Lipinski definition) is 0. The standard InChI is InChI=1S/C22H29NO/c1-2-19-9-11-21(12-10-19)18-24-22-15-13-20(14-16-22)8-6-4-3-5-7-17-23/h3-5,7,9-12,20,22H,2,6,8,13-16,18H2,1H3/t20-,22-. The Morgan fingerprint density at radius 3 is 2.46 bits per heavy atom. The van der Waals surface area contributed by atoms with Crippen LogP contribution in [0.3, 0.4) is 0 Å². The van der Waals surface area contributed by atoms with Crippen LogP contribution < -0.4 is 0 Å². The summed E-state index contributed by atoms with van der Waals surface area (Å²) in [6, 6.07) is 10.8. The zero-order valence-electron chi connectivity index (χ0n) is 14.8. The summed E-state index contributed by atoms with van der Waals surface area (Å²) < 4.78 is 6.11. The Morgan fingerprint density at radius 1 is 1.08 bits per heavy atom. The number of benzene rings is 1. The molecule has 1 aromatic carbocycles. The molecule has 0 N–H and O–H groups in total. The zero-order chi connectivity index (χ0) is 17.0. The summed E-state index contributed by atoms with van der Waals surface area (Å²) in [5.74, 6) is 0.832. The van der Waals surface area contributed by atoms with Gasteiger partial charge in [0.1, 0.15) is 0 Å². The lowest BCUT2D eigenvalue weighted by molar-refractivity contribution is 0.00646. The van der Waals surface area contributed by atoms with E-state index in [0.29, 0.717) is 6.10 Å². The molecule has 0 spiro atoms. The molecule has 0 atom stereocenters. The van der Waals surface area contributed by atoms with E-state index >= 15 is 0 Å². The van der Waals surface area contributed by atoms with Crippen LogP contribution in [-0.2, 0) is 17.8 Å². The van der Waals surface area contributed by atoms with Crippen LogP contribution in [-0.4, -0.2) is 6.10 Å². The van der Waals surface area contributed by atoms with Crippen LogP contribution in [0, 0.1) is 17.2 Å². The number of aryl methyl sites for hydroxylation is 1. The van der Waals surface area contributed by atoms with Crippen molar-refractivity contribution in [3.05, 3.63) is 59.7 Å². The molecular formula is C22H29NO. The summed E-state index contributed by atoms with van der Waals surface area (Å²) in [6.45, 7) is 2.93. The molecule has 0 aromatic heterocycles. The average Bonchev–Trinajstić information content (AvgIpc) is 2.64. The summed E-state index contributed by atoms with van der Waals surface area (Å²) in [7, 11) is 0. The van der Waals surface area contributed by atoms with Crippen LogP contribution in [0.2, 0.25) is 0 Å². The van der Waals surface area contributed by atoms with E-state index < -0.39 is 0 Å². The maximum atomic E-state index is 8.41. The van der Waals surface area contributed by atoms with Gasteiger partial charge in [0.25, 0.3) is 0 Å². The highest BCUT2D eigenvalue weighted by Crippen LogP contribution is 2.30. The first-order valence-electron chi connectivity index (χ1n) is 9.22. The monoisotopic (exact) mass is 323 g/mol. The molecule has 0 bridgehead atoms. The van der Waals surface area contributed by atoms with Gasteiger partial charge in [0.15, 0.2) is 0 Å². The summed E-state index contributed by atoms with van der Waals surface area (Å²) in [5, 5.41) is 8.41. The second-order valence-electron chi connectivity index (χ2n) is 6.62. The van der Waals surface area contributed by atoms with Crippen LogP contribution in [0.5, 0.6) is 0 Å². The van der Waals surface area contributed by atoms with Crippen LogP contribution in [0.4, 0.5) is 0 Å². The van der Waals surface area contributed by atoms with E-state index in [1.807, 2.05) is 12.1 Å². The van der Waals surface area contributed by atoms with Crippen LogP contribution in [0.1, 0.15) is 56.6 Å². The van der Waals surface area contributed by atoms with Gasteiger partial charge in [-0.05, 0) is 62.0 Å². The topological polar surface area (TPSA) is 33.0 Å². The number of hydrogen-bond acceptors (Lipinski definition) is 2. The van der Waals surface area contributed by atoms with Crippen molar-refractivity contribution < 1.29 is 4.74 Å². The third-order valence-corrected chi connectivity index (χ3v) is 4.87. The lowest BCUT2D eigenvalue weighted by Crippen LogP contribution is -2.21. The number of rotatable bonds is 8. The fraction of sp³-hybridized carbons (Fsp3) is 0.500. The highest BCUT2D eigenvalue weighted by molar-refractivity contribution is 5.21. The van der Waals surface area contributed by atoms with E-state index in [-0.39, 0.29) is 0 Å². The van der Waals surface area contributed by atoms with Gasteiger partial charge in [-0.3, -0.25) is 0 Å². The zero-order valence-corrected chi connectivity index (χ0v) is 14.8. The summed E-state index contributed by atoms with van der Waals surface area (Å²) >= 11 is 0. The Balaban J connectivity index is 1.61. The Kier molecular flexibility index (Phi) is 8.35. The number of ether oxygens (including phenoxy) is 1. The fourth-order valence-corrected chi connectivity index (χ4v) is 3.28. The van der Waals surface area contributed by atoms with E-state index in [4.69, 9.17) is 10.00 Å². The van der Waals surface area contributed by atoms with Crippen LogP contribution in [0.15, 0.2) is 48.6 Å². The molecule has 2 rings (SSSR count). The minimum atomic E-state index is 0.432.